The van der Waals surface area contributed by atoms with Gasteiger partial charge in [0.2, 0.25) is 0 Å². The summed E-state index contributed by atoms with van der Waals surface area (Å²) in [4.78, 5) is 12.5. The summed E-state index contributed by atoms with van der Waals surface area (Å²) in [7, 11) is 1.32. The quantitative estimate of drug-likeness (QED) is 0.196. The smallest absolute Gasteiger partial charge is 0.437 e. The summed E-state index contributed by atoms with van der Waals surface area (Å²) in [5.74, 6) is 0.466. The first-order valence-electron chi connectivity index (χ1n) is 11.4. The molecule has 170 valence electrons. The summed E-state index contributed by atoms with van der Waals surface area (Å²) in [6.45, 7) is 0. The lowest BCUT2D eigenvalue weighted by atomic mass is 9.83. The topological polar surface area (TPSA) is 35.5 Å². The molecule has 0 aliphatic heterocycles. The highest BCUT2D eigenvalue weighted by atomic mass is 16.7. The van der Waals surface area contributed by atoms with Gasteiger partial charge in [-0.25, -0.2) is 4.79 Å². The molecule has 5 aromatic carbocycles. The van der Waals surface area contributed by atoms with E-state index in [1.165, 1.54) is 7.11 Å². The Hall–Kier alpha value is -4.63. The summed E-state index contributed by atoms with van der Waals surface area (Å²) in [5.41, 5.74) is 7.68. The molecule has 3 nitrogen and oxygen atoms in total. The molecule has 0 atom stereocenters. The van der Waals surface area contributed by atoms with Crippen molar-refractivity contribution in [3.05, 3.63) is 127 Å². The Morgan fingerprint density at radius 3 is 1.37 bits per heavy atom. The second kappa shape index (κ2) is 10.1. The van der Waals surface area contributed by atoms with Crippen molar-refractivity contribution < 1.29 is 14.3 Å². The Balaban J connectivity index is 1.96. The Labute approximate surface area is 205 Å². The van der Waals surface area contributed by atoms with Crippen LogP contribution in [0.4, 0.5) is 4.79 Å². The zero-order chi connectivity index (χ0) is 24.0. The van der Waals surface area contributed by atoms with Crippen molar-refractivity contribution in [2.45, 2.75) is 0 Å². The maximum absolute atomic E-state index is 12.5. The number of hydrogen-bond donors (Lipinski definition) is 0. The SMILES string of the molecule is COC(=O)Oc1c(-c2ccccc2)cc(-c2ccccc2)c(-c2ccccc2)c1-c1ccccc1. The molecule has 0 unspecified atom stereocenters. The van der Waals surface area contributed by atoms with Crippen LogP contribution < -0.4 is 4.74 Å². The van der Waals surface area contributed by atoms with Crippen molar-refractivity contribution in [2.75, 3.05) is 7.11 Å². The zero-order valence-corrected chi connectivity index (χ0v) is 19.3. The van der Waals surface area contributed by atoms with Gasteiger partial charge >= 0.3 is 6.16 Å². The van der Waals surface area contributed by atoms with E-state index in [1.807, 2.05) is 97.1 Å². The molecule has 0 aromatic heterocycles. The van der Waals surface area contributed by atoms with Crippen LogP contribution >= 0.6 is 0 Å². The van der Waals surface area contributed by atoms with Crippen LogP contribution in [-0.2, 0) is 4.74 Å². The van der Waals surface area contributed by atoms with Crippen LogP contribution in [0, 0.1) is 0 Å². The van der Waals surface area contributed by atoms with Gasteiger partial charge in [-0.1, -0.05) is 121 Å². The van der Waals surface area contributed by atoms with Crippen molar-refractivity contribution in [3.8, 4) is 50.3 Å². The highest BCUT2D eigenvalue weighted by Gasteiger charge is 2.25. The molecule has 0 heterocycles. The first kappa shape index (κ1) is 22.2. The molecule has 5 rings (SSSR count). The lowest BCUT2D eigenvalue weighted by Crippen LogP contribution is -2.10. The first-order valence-corrected chi connectivity index (χ1v) is 11.4. The average molecular weight is 457 g/mol. The van der Waals surface area contributed by atoms with Crippen LogP contribution in [-0.4, -0.2) is 13.3 Å². The van der Waals surface area contributed by atoms with Gasteiger partial charge in [-0.2, -0.15) is 0 Å². The highest BCUT2D eigenvalue weighted by molar-refractivity contribution is 6.02. The van der Waals surface area contributed by atoms with E-state index in [9.17, 15) is 4.79 Å². The van der Waals surface area contributed by atoms with Crippen LogP contribution in [0.1, 0.15) is 0 Å². The summed E-state index contributed by atoms with van der Waals surface area (Å²) in [6.07, 6.45) is -0.758. The fraction of sp³-hybridized carbons (Fsp3) is 0.0312. The molecule has 35 heavy (non-hydrogen) atoms. The third-order valence-corrected chi connectivity index (χ3v) is 5.93. The fourth-order valence-corrected chi connectivity index (χ4v) is 4.36. The molecule has 3 heteroatoms. The minimum absolute atomic E-state index is 0.466. The number of carbonyl (C=O) groups is 1. The van der Waals surface area contributed by atoms with Crippen molar-refractivity contribution >= 4 is 6.16 Å². The van der Waals surface area contributed by atoms with Gasteiger partial charge in [0.25, 0.3) is 0 Å². The Morgan fingerprint density at radius 2 is 0.914 bits per heavy atom. The van der Waals surface area contributed by atoms with Crippen molar-refractivity contribution in [3.63, 3.8) is 0 Å². The Morgan fingerprint density at radius 1 is 0.514 bits per heavy atom. The zero-order valence-electron chi connectivity index (χ0n) is 19.3. The van der Waals surface area contributed by atoms with Gasteiger partial charge in [0.1, 0.15) is 0 Å². The van der Waals surface area contributed by atoms with Gasteiger partial charge in [-0.3, -0.25) is 0 Å². The van der Waals surface area contributed by atoms with Crippen LogP contribution in [0.15, 0.2) is 127 Å². The second-order valence-corrected chi connectivity index (χ2v) is 8.07. The van der Waals surface area contributed by atoms with Crippen molar-refractivity contribution in [2.24, 2.45) is 0 Å². The molecule has 0 aliphatic rings. The van der Waals surface area contributed by atoms with Crippen LogP contribution in [0.5, 0.6) is 5.75 Å². The lowest BCUT2D eigenvalue weighted by molar-refractivity contribution is 0.122. The van der Waals surface area contributed by atoms with E-state index in [0.29, 0.717) is 5.75 Å². The van der Waals surface area contributed by atoms with E-state index in [-0.39, 0.29) is 0 Å². The molecule has 0 fully saturated rings. The number of hydrogen-bond acceptors (Lipinski definition) is 3. The van der Waals surface area contributed by atoms with E-state index >= 15 is 0 Å². The first-order chi connectivity index (χ1) is 17.3. The molecule has 0 bridgehead atoms. The van der Waals surface area contributed by atoms with E-state index < -0.39 is 6.16 Å². The van der Waals surface area contributed by atoms with Crippen molar-refractivity contribution in [1.82, 2.24) is 0 Å². The largest absolute Gasteiger partial charge is 0.513 e. The molecule has 0 aliphatic carbocycles. The lowest BCUT2D eigenvalue weighted by Gasteiger charge is -2.23. The molecular weight excluding hydrogens is 432 g/mol. The Bertz CT molecular complexity index is 1430. The minimum Gasteiger partial charge on any atom is -0.437 e. The maximum atomic E-state index is 12.5. The molecule has 5 aromatic rings. The van der Waals surface area contributed by atoms with Gasteiger partial charge in [0, 0.05) is 16.7 Å². The summed E-state index contributed by atoms with van der Waals surface area (Å²) in [5, 5.41) is 0. The third kappa shape index (κ3) is 4.57. The second-order valence-electron chi connectivity index (χ2n) is 8.07. The van der Waals surface area contributed by atoms with E-state index in [0.717, 1.165) is 44.5 Å². The van der Waals surface area contributed by atoms with Gasteiger partial charge in [-0.15, -0.1) is 0 Å². The average Bonchev–Trinajstić information content (AvgIpc) is 2.94. The summed E-state index contributed by atoms with van der Waals surface area (Å²) < 4.78 is 10.9. The van der Waals surface area contributed by atoms with Crippen LogP contribution in [0.3, 0.4) is 0 Å². The normalized spacial score (nSPS) is 10.5. The van der Waals surface area contributed by atoms with Gasteiger partial charge in [-0.05, 0) is 33.9 Å². The molecule has 0 saturated carbocycles. The maximum Gasteiger partial charge on any atom is 0.513 e. The number of methoxy groups -OCH3 is 1. The van der Waals surface area contributed by atoms with Gasteiger partial charge < -0.3 is 9.47 Å². The number of ether oxygens (including phenoxy) is 2. The molecule has 0 spiro atoms. The standard InChI is InChI=1S/C32H24O3/c1-34-32(33)35-31-28(24-16-8-3-9-17-24)22-27(23-14-6-2-7-15-23)29(25-18-10-4-11-19-25)30(31)26-20-12-5-13-21-26/h2-22H,1H3. The van der Waals surface area contributed by atoms with E-state index in [2.05, 4.69) is 30.3 Å². The van der Waals surface area contributed by atoms with Gasteiger partial charge in [0.05, 0.1) is 7.11 Å². The van der Waals surface area contributed by atoms with Gasteiger partial charge in [0.15, 0.2) is 5.75 Å². The molecule has 0 amide bonds. The molecule has 0 radical (unpaired) electrons. The summed E-state index contributed by atoms with van der Waals surface area (Å²) in [6, 6.07) is 42.6. The number of benzene rings is 5. The number of carbonyl (C=O) groups excluding carboxylic acids is 1. The predicted octanol–water partition coefficient (Wildman–Crippen LogP) is 8.50. The number of rotatable bonds is 5. The monoisotopic (exact) mass is 456 g/mol. The van der Waals surface area contributed by atoms with Crippen LogP contribution in [0.25, 0.3) is 44.5 Å². The van der Waals surface area contributed by atoms with Crippen molar-refractivity contribution in [1.29, 1.82) is 0 Å². The van der Waals surface area contributed by atoms with Crippen LogP contribution in [0.2, 0.25) is 0 Å². The highest BCUT2D eigenvalue weighted by Crippen LogP contribution is 2.50. The summed E-state index contributed by atoms with van der Waals surface area (Å²) >= 11 is 0. The minimum atomic E-state index is -0.758. The predicted molar refractivity (Wildman–Crippen MR) is 141 cm³/mol. The Kier molecular flexibility index (Phi) is 6.40. The fourth-order valence-electron chi connectivity index (χ4n) is 4.36. The molecule has 0 saturated heterocycles. The van der Waals surface area contributed by atoms with E-state index in [1.54, 1.807) is 0 Å². The van der Waals surface area contributed by atoms with E-state index in [4.69, 9.17) is 9.47 Å². The third-order valence-electron chi connectivity index (χ3n) is 5.93. The molecular formula is C32H24O3. The molecule has 0 N–H and O–H groups in total.